The number of hydrogen-bond acceptors (Lipinski definition) is 5. The van der Waals surface area contributed by atoms with Crippen molar-refractivity contribution < 1.29 is 17.2 Å². The highest BCUT2D eigenvalue weighted by Gasteiger charge is 2.14. The standard InChI is InChI=1S/C11H13F2N5O2S/c1-2-5-21(19,20)14-7-11-15-16-17-18(11)8-3-4-9(12)10(13)6-8/h3-4,6,14H,2,5,7H2,1H3. The fourth-order valence-corrected chi connectivity index (χ4v) is 2.68. The van der Waals surface area contributed by atoms with Crippen LogP contribution in [-0.2, 0) is 16.6 Å². The molecule has 0 atom stereocenters. The van der Waals surface area contributed by atoms with Gasteiger partial charge in [-0.3, -0.25) is 0 Å². The van der Waals surface area contributed by atoms with E-state index in [1.807, 2.05) is 0 Å². The molecule has 0 saturated heterocycles. The summed E-state index contributed by atoms with van der Waals surface area (Å²) in [5.74, 6) is -1.88. The fraction of sp³-hybridized carbons (Fsp3) is 0.364. The lowest BCUT2D eigenvalue weighted by Gasteiger charge is -2.07. The summed E-state index contributed by atoms with van der Waals surface area (Å²) in [6, 6.07) is 3.16. The van der Waals surface area contributed by atoms with Gasteiger partial charge in [-0.05, 0) is 29.0 Å². The zero-order chi connectivity index (χ0) is 15.5. The first-order valence-corrected chi connectivity index (χ1v) is 7.78. The minimum Gasteiger partial charge on any atom is -0.212 e. The van der Waals surface area contributed by atoms with E-state index in [2.05, 4.69) is 20.2 Å². The lowest BCUT2D eigenvalue weighted by Crippen LogP contribution is -2.27. The summed E-state index contributed by atoms with van der Waals surface area (Å²) in [5.41, 5.74) is 0.198. The normalized spacial score (nSPS) is 11.8. The third kappa shape index (κ3) is 3.79. The van der Waals surface area contributed by atoms with E-state index in [9.17, 15) is 17.2 Å². The zero-order valence-corrected chi connectivity index (χ0v) is 11.9. The minimum absolute atomic E-state index is 0.0141. The predicted octanol–water partition coefficient (Wildman–Crippen LogP) is 0.770. The molecule has 0 fully saturated rings. The maximum absolute atomic E-state index is 13.2. The van der Waals surface area contributed by atoms with Gasteiger partial charge in [0.2, 0.25) is 10.0 Å². The molecule has 1 aromatic heterocycles. The SMILES string of the molecule is CCCS(=O)(=O)NCc1nnnn1-c1ccc(F)c(F)c1. The van der Waals surface area contributed by atoms with Crippen LogP contribution in [0.25, 0.3) is 5.69 Å². The maximum atomic E-state index is 13.2. The number of benzene rings is 1. The van der Waals surface area contributed by atoms with Gasteiger partial charge in [0.15, 0.2) is 17.5 Å². The van der Waals surface area contributed by atoms with Crippen molar-refractivity contribution in [1.82, 2.24) is 24.9 Å². The summed E-state index contributed by atoms with van der Waals surface area (Å²) < 4.78 is 52.7. The van der Waals surface area contributed by atoms with Crippen molar-refractivity contribution in [1.29, 1.82) is 0 Å². The Bertz CT molecular complexity index is 732. The number of aromatic nitrogens is 4. The molecule has 0 aliphatic heterocycles. The van der Waals surface area contributed by atoms with E-state index in [1.54, 1.807) is 6.92 Å². The molecular weight excluding hydrogens is 304 g/mol. The first-order valence-electron chi connectivity index (χ1n) is 6.13. The number of nitrogens with one attached hydrogen (secondary N) is 1. The molecule has 1 N–H and O–H groups in total. The number of hydrogen-bond donors (Lipinski definition) is 1. The Hall–Kier alpha value is -1.94. The Morgan fingerprint density at radius 3 is 2.71 bits per heavy atom. The maximum Gasteiger partial charge on any atom is 0.211 e. The number of rotatable bonds is 6. The average molecular weight is 317 g/mol. The van der Waals surface area contributed by atoms with E-state index in [0.29, 0.717) is 6.42 Å². The Balaban J connectivity index is 2.21. The lowest BCUT2D eigenvalue weighted by atomic mass is 10.3. The lowest BCUT2D eigenvalue weighted by molar-refractivity contribution is 0.507. The quantitative estimate of drug-likeness (QED) is 0.850. The molecule has 7 nitrogen and oxygen atoms in total. The summed E-state index contributed by atoms with van der Waals surface area (Å²) in [6.07, 6.45) is 0.476. The molecule has 21 heavy (non-hydrogen) atoms. The van der Waals surface area contributed by atoms with Crippen molar-refractivity contribution in [2.24, 2.45) is 0 Å². The molecule has 0 aliphatic carbocycles. The van der Waals surface area contributed by atoms with Gasteiger partial charge in [-0.1, -0.05) is 6.92 Å². The topological polar surface area (TPSA) is 89.8 Å². The van der Waals surface area contributed by atoms with Crippen LogP contribution in [0.5, 0.6) is 0 Å². The molecule has 0 spiro atoms. The molecule has 0 radical (unpaired) electrons. The zero-order valence-electron chi connectivity index (χ0n) is 11.1. The van der Waals surface area contributed by atoms with Gasteiger partial charge in [-0.25, -0.2) is 21.9 Å². The Morgan fingerprint density at radius 1 is 1.29 bits per heavy atom. The van der Waals surface area contributed by atoms with Gasteiger partial charge in [0, 0.05) is 6.07 Å². The van der Waals surface area contributed by atoms with Gasteiger partial charge in [0.05, 0.1) is 18.0 Å². The minimum atomic E-state index is -3.41. The van der Waals surface area contributed by atoms with Gasteiger partial charge in [0.1, 0.15) is 0 Å². The highest BCUT2D eigenvalue weighted by molar-refractivity contribution is 7.89. The molecule has 0 aliphatic rings. The molecule has 1 heterocycles. The second kappa shape index (κ2) is 6.22. The molecule has 114 valence electrons. The largest absolute Gasteiger partial charge is 0.212 e. The Labute approximate surface area is 120 Å². The molecular formula is C11H13F2N5O2S. The third-order valence-corrected chi connectivity index (χ3v) is 4.13. The van der Waals surface area contributed by atoms with Crippen LogP contribution in [0.1, 0.15) is 19.2 Å². The second-order valence-corrected chi connectivity index (χ2v) is 6.17. The van der Waals surface area contributed by atoms with Crippen molar-refractivity contribution in [2.45, 2.75) is 19.9 Å². The summed E-state index contributed by atoms with van der Waals surface area (Å²) in [5, 5.41) is 10.7. The monoisotopic (exact) mass is 317 g/mol. The number of halogens is 2. The van der Waals surface area contributed by atoms with Gasteiger partial charge in [-0.2, -0.15) is 4.68 Å². The molecule has 1 aromatic carbocycles. The molecule has 0 bridgehead atoms. The van der Waals surface area contributed by atoms with E-state index in [-0.39, 0.29) is 23.8 Å². The van der Waals surface area contributed by atoms with E-state index < -0.39 is 21.7 Å². The fourth-order valence-electron chi connectivity index (χ4n) is 1.65. The second-order valence-electron chi connectivity index (χ2n) is 4.25. The van der Waals surface area contributed by atoms with Crippen LogP contribution in [0.3, 0.4) is 0 Å². The number of tetrazole rings is 1. The smallest absolute Gasteiger partial charge is 0.211 e. The van der Waals surface area contributed by atoms with Gasteiger partial charge in [0.25, 0.3) is 0 Å². The van der Waals surface area contributed by atoms with Crippen LogP contribution < -0.4 is 4.72 Å². The van der Waals surface area contributed by atoms with E-state index in [0.717, 1.165) is 16.8 Å². The van der Waals surface area contributed by atoms with Crippen molar-refractivity contribution in [3.05, 3.63) is 35.7 Å². The molecule has 0 unspecified atom stereocenters. The molecule has 2 aromatic rings. The third-order valence-electron chi connectivity index (χ3n) is 2.60. The number of sulfonamides is 1. The van der Waals surface area contributed by atoms with Crippen LogP contribution in [-0.4, -0.2) is 34.4 Å². The van der Waals surface area contributed by atoms with E-state index in [4.69, 9.17) is 0 Å². The van der Waals surface area contributed by atoms with Crippen LogP contribution in [0, 0.1) is 11.6 Å². The molecule has 10 heteroatoms. The Morgan fingerprint density at radius 2 is 2.05 bits per heavy atom. The van der Waals surface area contributed by atoms with E-state index >= 15 is 0 Å². The van der Waals surface area contributed by atoms with E-state index in [1.165, 1.54) is 6.07 Å². The van der Waals surface area contributed by atoms with Crippen LogP contribution in [0.4, 0.5) is 8.78 Å². The van der Waals surface area contributed by atoms with Gasteiger partial charge in [-0.15, -0.1) is 5.10 Å². The summed E-state index contributed by atoms with van der Waals surface area (Å²) >= 11 is 0. The first-order chi connectivity index (χ1) is 9.93. The van der Waals surface area contributed by atoms with Crippen molar-refractivity contribution in [3.8, 4) is 5.69 Å². The first kappa shape index (κ1) is 15.4. The van der Waals surface area contributed by atoms with Crippen LogP contribution in [0.15, 0.2) is 18.2 Å². The van der Waals surface area contributed by atoms with Crippen molar-refractivity contribution in [3.63, 3.8) is 0 Å². The molecule has 0 saturated carbocycles. The van der Waals surface area contributed by atoms with Crippen LogP contribution >= 0.6 is 0 Å². The van der Waals surface area contributed by atoms with Crippen molar-refractivity contribution in [2.75, 3.05) is 5.75 Å². The molecule has 0 amide bonds. The van der Waals surface area contributed by atoms with Crippen LogP contribution in [0.2, 0.25) is 0 Å². The summed E-state index contributed by atoms with van der Waals surface area (Å²) in [4.78, 5) is 0. The van der Waals surface area contributed by atoms with Gasteiger partial charge >= 0.3 is 0 Å². The molecule has 2 rings (SSSR count). The summed E-state index contributed by atoms with van der Waals surface area (Å²) in [6.45, 7) is 1.60. The highest BCUT2D eigenvalue weighted by atomic mass is 32.2. The Kier molecular flexibility index (Phi) is 4.58. The highest BCUT2D eigenvalue weighted by Crippen LogP contribution is 2.13. The number of nitrogens with zero attached hydrogens (tertiary/aromatic N) is 4. The average Bonchev–Trinajstić information content (AvgIpc) is 2.88. The predicted molar refractivity (Wildman–Crippen MR) is 70.0 cm³/mol. The summed E-state index contributed by atoms with van der Waals surface area (Å²) in [7, 11) is -3.41. The van der Waals surface area contributed by atoms with Gasteiger partial charge < -0.3 is 0 Å². The van der Waals surface area contributed by atoms with Crippen molar-refractivity contribution >= 4 is 10.0 Å².